The second-order valence-corrected chi connectivity index (χ2v) is 13.4. The molecular formula is C39H42F2O3S. The molecule has 0 bridgehead atoms. The summed E-state index contributed by atoms with van der Waals surface area (Å²) in [7, 11) is 0. The Bertz CT molecular complexity index is 1520. The fourth-order valence-electron chi connectivity index (χ4n) is 6.65. The molecule has 2 unspecified atom stereocenters. The number of carboxylic acids is 1. The first-order chi connectivity index (χ1) is 21.8. The number of rotatable bonds is 14. The van der Waals surface area contributed by atoms with Crippen molar-refractivity contribution in [1.82, 2.24) is 0 Å². The quantitative estimate of drug-likeness (QED) is 0.110. The first-order valence-corrected chi connectivity index (χ1v) is 16.9. The summed E-state index contributed by atoms with van der Waals surface area (Å²) < 4.78 is 34.3. The van der Waals surface area contributed by atoms with Crippen LogP contribution in [0.2, 0.25) is 0 Å². The van der Waals surface area contributed by atoms with Crippen molar-refractivity contribution in [1.29, 1.82) is 0 Å². The van der Waals surface area contributed by atoms with Crippen molar-refractivity contribution in [3.63, 3.8) is 0 Å². The van der Waals surface area contributed by atoms with Crippen molar-refractivity contribution in [2.24, 2.45) is 5.92 Å². The molecule has 0 amide bonds. The number of ether oxygens (including phenoxy) is 1. The highest BCUT2D eigenvalue weighted by Crippen LogP contribution is 2.42. The predicted octanol–water partition coefficient (Wildman–Crippen LogP) is 11.2. The van der Waals surface area contributed by atoms with Crippen LogP contribution >= 0.6 is 11.8 Å². The second-order valence-electron chi connectivity index (χ2n) is 12.1. The summed E-state index contributed by atoms with van der Waals surface area (Å²) >= 11 is 0.476. The number of hydrogen-bond donors (Lipinski definition) is 1. The van der Waals surface area contributed by atoms with Crippen LogP contribution in [0.15, 0.2) is 96.9 Å². The van der Waals surface area contributed by atoms with Gasteiger partial charge in [-0.15, -0.1) is 6.58 Å². The van der Waals surface area contributed by atoms with Crippen LogP contribution < -0.4 is 4.74 Å². The largest absolute Gasteiger partial charge is 0.490 e. The number of halogens is 2. The molecule has 3 aromatic rings. The minimum Gasteiger partial charge on any atom is -0.490 e. The van der Waals surface area contributed by atoms with Gasteiger partial charge >= 0.3 is 11.2 Å². The first kappa shape index (κ1) is 32.7. The van der Waals surface area contributed by atoms with Crippen LogP contribution in [-0.4, -0.2) is 22.4 Å². The highest BCUT2D eigenvalue weighted by atomic mass is 32.2. The van der Waals surface area contributed by atoms with Gasteiger partial charge in [0.1, 0.15) is 5.75 Å². The first-order valence-electron chi connectivity index (χ1n) is 16.0. The van der Waals surface area contributed by atoms with Crippen LogP contribution in [0.25, 0.3) is 11.1 Å². The van der Waals surface area contributed by atoms with Crippen LogP contribution in [0.4, 0.5) is 8.78 Å². The van der Waals surface area contributed by atoms with Gasteiger partial charge in [0.2, 0.25) is 0 Å². The number of benzene rings is 3. The smallest absolute Gasteiger partial charge is 0.335 e. The van der Waals surface area contributed by atoms with Crippen molar-refractivity contribution in [3.8, 4) is 5.75 Å². The van der Waals surface area contributed by atoms with Gasteiger partial charge in [0.05, 0.1) is 11.7 Å². The fraction of sp³-hybridized carbons (Fsp3) is 0.359. The normalized spacial score (nSPS) is 18.3. The minimum absolute atomic E-state index is 0.238. The molecule has 236 valence electrons. The van der Waals surface area contributed by atoms with Crippen molar-refractivity contribution in [2.45, 2.75) is 86.9 Å². The number of hydrogen-bond acceptors (Lipinski definition) is 3. The number of aromatic carboxylic acids is 1. The van der Waals surface area contributed by atoms with Gasteiger partial charge in [-0.2, -0.15) is 8.78 Å². The lowest BCUT2D eigenvalue weighted by Gasteiger charge is -2.19. The van der Waals surface area contributed by atoms with Crippen LogP contribution in [0.3, 0.4) is 0 Å². The topological polar surface area (TPSA) is 46.5 Å². The van der Waals surface area contributed by atoms with Gasteiger partial charge in [0.25, 0.3) is 0 Å². The van der Waals surface area contributed by atoms with Gasteiger partial charge in [-0.3, -0.25) is 0 Å². The van der Waals surface area contributed by atoms with E-state index in [0.717, 1.165) is 83.6 Å². The molecule has 5 rings (SSSR count). The highest BCUT2D eigenvalue weighted by Gasteiger charge is 2.27. The van der Waals surface area contributed by atoms with Crippen molar-refractivity contribution in [3.05, 3.63) is 120 Å². The average Bonchev–Trinajstić information content (AvgIpc) is 3.39. The monoisotopic (exact) mass is 628 g/mol. The molecule has 0 aromatic heterocycles. The Morgan fingerprint density at radius 2 is 1.71 bits per heavy atom. The summed E-state index contributed by atoms with van der Waals surface area (Å²) in [4.78, 5) is 12.2. The molecule has 1 N–H and O–H groups in total. The van der Waals surface area contributed by atoms with Crippen LogP contribution in [0, 0.1) is 5.92 Å². The van der Waals surface area contributed by atoms with E-state index in [0.29, 0.717) is 22.7 Å². The molecule has 0 heterocycles. The minimum atomic E-state index is -3.04. The molecule has 3 nitrogen and oxygen atoms in total. The second kappa shape index (κ2) is 15.1. The Morgan fingerprint density at radius 1 is 0.956 bits per heavy atom. The Morgan fingerprint density at radius 3 is 2.42 bits per heavy atom. The van der Waals surface area contributed by atoms with E-state index in [4.69, 9.17) is 4.74 Å². The number of unbranched alkanes of at least 4 members (excludes halogenated alkanes) is 3. The Balaban J connectivity index is 1.40. The summed E-state index contributed by atoms with van der Waals surface area (Å²) in [6.45, 7) is 7.05. The van der Waals surface area contributed by atoms with Gasteiger partial charge in [0, 0.05) is 4.90 Å². The molecule has 0 aliphatic heterocycles. The van der Waals surface area contributed by atoms with Crippen molar-refractivity contribution < 1.29 is 23.4 Å². The number of thioether (sulfide) groups is 1. The van der Waals surface area contributed by atoms with Gasteiger partial charge < -0.3 is 9.84 Å². The van der Waals surface area contributed by atoms with Crippen LogP contribution in [0.5, 0.6) is 5.75 Å². The maximum atomic E-state index is 13.9. The van der Waals surface area contributed by atoms with Gasteiger partial charge in [0.15, 0.2) is 0 Å². The summed E-state index contributed by atoms with van der Waals surface area (Å²) in [5.74, 6) is 0.648. The molecule has 1 saturated carbocycles. The van der Waals surface area contributed by atoms with Gasteiger partial charge in [-0.1, -0.05) is 62.2 Å². The van der Waals surface area contributed by atoms with Crippen molar-refractivity contribution >= 4 is 28.9 Å². The number of allylic oxidation sites excluding steroid dienone is 2. The Labute approximate surface area is 270 Å². The van der Waals surface area contributed by atoms with Gasteiger partial charge in [-0.05, 0) is 145 Å². The molecule has 2 atom stereocenters. The highest BCUT2D eigenvalue weighted by molar-refractivity contribution is 8.00. The molecule has 0 radical (unpaired) electrons. The average molecular weight is 629 g/mol. The Hall–Kier alpha value is -3.64. The van der Waals surface area contributed by atoms with E-state index in [2.05, 4.69) is 25.3 Å². The maximum Gasteiger partial charge on any atom is 0.335 e. The van der Waals surface area contributed by atoms with Crippen LogP contribution in [0.1, 0.15) is 96.8 Å². The lowest BCUT2D eigenvalue weighted by atomic mass is 9.87. The SMILES string of the molecule is C=CCCCCCC1CCC(Oc2ccc(C3=C(c4ccc(SC(F)(F)C=C)cc4)CCCc4cc(C(=O)O)ccc43)cc2)C1. The molecule has 1 fully saturated rings. The number of aryl methyl sites for hydroxylation is 1. The van der Waals surface area contributed by atoms with E-state index < -0.39 is 11.2 Å². The number of carboxylic acid groups (broad SMARTS) is 1. The molecule has 6 heteroatoms. The zero-order valence-electron chi connectivity index (χ0n) is 25.8. The molecule has 3 aromatic carbocycles. The zero-order valence-corrected chi connectivity index (χ0v) is 26.6. The summed E-state index contributed by atoms with van der Waals surface area (Å²) in [6, 6.07) is 20.9. The molecular weight excluding hydrogens is 586 g/mol. The summed E-state index contributed by atoms with van der Waals surface area (Å²) in [6.07, 6.45) is 14.8. The van der Waals surface area contributed by atoms with E-state index in [-0.39, 0.29) is 11.7 Å². The molecule has 0 spiro atoms. The number of carbonyl (C=O) groups is 1. The lowest BCUT2D eigenvalue weighted by Crippen LogP contribution is -2.12. The number of fused-ring (bicyclic) bond motifs is 1. The predicted molar refractivity (Wildman–Crippen MR) is 181 cm³/mol. The standard InChI is InChI=1S/C39H42F2O3S/c1-3-5-6-7-8-10-27-13-19-33(25-27)44-32-20-14-29(15-21-32)37-35(28-16-22-34(23-17-28)45-39(40,41)4-2)12-9-11-30-26-31(38(42)43)18-24-36(30)37/h3-4,14-18,20-24,26-27,33H,1-2,5-13,19,25H2,(H,42,43). The lowest BCUT2D eigenvalue weighted by molar-refractivity contribution is 0.0696. The summed E-state index contributed by atoms with van der Waals surface area (Å²) in [5.41, 5.74) is 6.42. The van der Waals surface area contributed by atoms with E-state index in [9.17, 15) is 18.7 Å². The zero-order chi connectivity index (χ0) is 31.8. The molecule has 0 saturated heterocycles. The van der Waals surface area contributed by atoms with E-state index >= 15 is 0 Å². The molecule has 2 aliphatic carbocycles. The fourth-order valence-corrected chi connectivity index (χ4v) is 7.32. The third-order valence-corrected chi connectivity index (χ3v) is 9.90. The molecule has 2 aliphatic rings. The Kier molecular flexibility index (Phi) is 11.0. The third-order valence-electron chi connectivity index (χ3n) is 8.95. The van der Waals surface area contributed by atoms with E-state index in [1.54, 1.807) is 24.3 Å². The molecule has 45 heavy (non-hydrogen) atoms. The van der Waals surface area contributed by atoms with Gasteiger partial charge in [-0.25, -0.2) is 4.79 Å². The number of alkyl halides is 2. The third kappa shape index (κ3) is 8.55. The van der Waals surface area contributed by atoms with Crippen molar-refractivity contribution in [2.75, 3.05) is 0 Å². The van der Waals surface area contributed by atoms with E-state index in [1.807, 2.05) is 36.4 Å². The van der Waals surface area contributed by atoms with Crippen LogP contribution in [-0.2, 0) is 6.42 Å². The summed E-state index contributed by atoms with van der Waals surface area (Å²) in [5, 5.41) is 6.60. The van der Waals surface area contributed by atoms with E-state index in [1.165, 1.54) is 32.1 Å². The maximum absolute atomic E-state index is 13.9.